The van der Waals surface area contributed by atoms with Crippen LogP contribution in [-0.4, -0.2) is 45.9 Å². The molecule has 0 amide bonds. The third-order valence-electron chi connectivity index (χ3n) is 3.92. The fraction of sp³-hybridized carbons (Fsp3) is 0.294. The van der Waals surface area contributed by atoms with E-state index in [0.717, 1.165) is 15.0 Å². The number of nitrogens with zero attached hydrogens (tertiary/aromatic N) is 4. The van der Waals surface area contributed by atoms with Crippen molar-refractivity contribution in [2.75, 3.05) is 20.1 Å². The molecule has 2 heterocycles. The number of aliphatic hydroxyl groups is 1. The van der Waals surface area contributed by atoms with Crippen molar-refractivity contribution in [1.82, 2.24) is 20.4 Å². The van der Waals surface area contributed by atoms with Crippen LogP contribution in [0.4, 0.5) is 5.69 Å². The minimum absolute atomic E-state index is 0. The highest BCUT2D eigenvalue weighted by Crippen LogP contribution is 2.29. The molecule has 0 fully saturated rings. The summed E-state index contributed by atoms with van der Waals surface area (Å²) in [7, 11) is 1.64. The second kappa shape index (κ2) is 10.3. The molecule has 3 aromatic rings. The van der Waals surface area contributed by atoms with E-state index in [2.05, 4.69) is 20.7 Å². The largest absolute Gasteiger partial charge is 0.386 e. The average Bonchev–Trinajstić information content (AvgIpc) is 3.31. The molecule has 0 bridgehead atoms. The quantitative estimate of drug-likeness (QED) is 0.146. The molecule has 0 aliphatic rings. The number of guanidine groups is 1. The predicted molar refractivity (Wildman–Crippen MR) is 120 cm³/mol. The highest BCUT2D eigenvalue weighted by molar-refractivity contribution is 14.0. The zero-order chi connectivity index (χ0) is 19.2. The Hall–Kier alpha value is -2.25. The predicted octanol–water partition coefficient (Wildman–Crippen LogP) is 2.52. The van der Waals surface area contributed by atoms with Crippen LogP contribution >= 0.6 is 35.3 Å². The summed E-state index contributed by atoms with van der Waals surface area (Å²) in [4.78, 5) is 15.2. The molecular weight excluding hydrogens is 495 g/mol. The van der Waals surface area contributed by atoms with Gasteiger partial charge in [0.25, 0.3) is 0 Å². The second-order valence-electron chi connectivity index (χ2n) is 5.80. The van der Waals surface area contributed by atoms with Crippen LogP contribution in [0.1, 0.15) is 11.0 Å². The first kappa shape index (κ1) is 22.0. The van der Waals surface area contributed by atoms with E-state index in [1.165, 1.54) is 17.1 Å². The standard InChI is InChI=1S/C17H20N6O3S.HI/c1-18-17(19-6-7-22-11-13(9-21-22)23(25)26)20-10-14(24)16-8-12-4-2-3-5-15(12)27-16;/h2-5,8-9,11,14,24H,6-7,10H2,1H3,(H2,18,19,20);1H. The van der Waals surface area contributed by atoms with Crippen molar-refractivity contribution in [3.8, 4) is 0 Å². The van der Waals surface area contributed by atoms with Crippen molar-refractivity contribution >= 4 is 57.0 Å². The number of benzene rings is 1. The number of nitrogens with one attached hydrogen (secondary N) is 2. The molecule has 0 saturated carbocycles. The number of aliphatic imine (C=N–C) groups is 1. The minimum atomic E-state index is -0.644. The summed E-state index contributed by atoms with van der Waals surface area (Å²) in [5, 5.41) is 32.3. The average molecular weight is 516 g/mol. The summed E-state index contributed by atoms with van der Waals surface area (Å²) in [6.07, 6.45) is 1.95. The lowest BCUT2D eigenvalue weighted by Crippen LogP contribution is -2.40. The van der Waals surface area contributed by atoms with Gasteiger partial charge in [-0.3, -0.25) is 19.8 Å². The number of aromatic nitrogens is 2. The third kappa shape index (κ3) is 5.62. The highest BCUT2D eigenvalue weighted by atomic mass is 127. The molecule has 1 atom stereocenters. The van der Waals surface area contributed by atoms with E-state index < -0.39 is 11.0 Å². The van der Waals surface area contributed by atoms with E-state index in [-0.39, 0.29) is 29.7 Å². The number of hydrogen-bond acceptors (Lipinski definition) is 6. The molecule has 0 aliphatic heterocycles. The maximum Gasteiger partial charge on any atom is 0.306 e. The van der Waals surface area contributed by atoms with Crippen LogP contribution in [0.2, 0.25) is 0 Å². The molecule has 0 spiro atoms. The van der Waals surface area contributed by atoms with Crippen LogP contribution in [0.3, 0.4) is 0 Å². The van der Waals surface area contributed by atoms with Crippen molar-refractivity contribution in [2.24, 2.45) is 4.99 Å². The Bertz CT molecular complexity index is 924. The summed E-state index contributed by atoms with van der Waals surface area (Å²) in [6.45, 7) is 1.25. The number of halogens is 1. The molecule has 28 heavy (non-hydrogen) atoms. The van der Waals surface area contributed by atoms with Crippen LogP contribution in [-0.2, 0) is 6.54 Å². The van der Waals surface area contributed by atoms with E-state index >= 15 is 0 Å². The van der Waals surface area contributed by atoms with Gasteiger partial charge in [0, 0.05) is 29.7 Å². The van der Waals surface area contributed by atoms with Gasteiger partial charge in [0.2, 0.25) is 0 Å². The zero-order valence-electron chi connectivity index (χ0n) is 15.1. The van der Waals surface area contributed by atoms with Crippen molar-refractivity contribution in [3.63, 3.8) is 0 Å². The molecule has 0 saturated heterocycles. The number of rotatable bonds is 7. The Morgan fingerprint density at radius 1 is 1.43 bits per heavy atom. The van der Waals surface area contributed by atoms with E-state index in [4.69, 9.17) is 0 Å². The Balaban J connectivity index is 0.00000280. The number of thiophene rings is 1. The number of nitro groups is 1. The lowest BCUT2D eigenvalue weighted by molar-refractivity contribution is -0.385. The van der Waals surface area contributed by atoms with Gasteiger partial charge in [-0.15, -0.1) is 35.3 Å². The second-order valence-corrected chi connectivity index (χ2v) is 6.92. The van der Waals surface area contributed by atoms with Gasteiger partial charge in [0.1, 0.15) is 18.5 Å². The van der Waals surface area contributed by atoms with Gasteiger partial charge in [-0.2, -0.15) is 5.10 Å². The lowest BCUT2D eigenvalue weighted by atomic mass is 10.2. The number of hydrogen-bond donors (Lipinski definition) is 3. The summed E-state index contributed by atoms with van der Waals surface area (Å²) < 4.78 is 2.63. The Morgan fingerprint density at radius 3 is 2.89 bits per heavy atom. The minimum Gasteiger partial charge on any atom is -0.386 e. The first-order chi connectivity index (χ1) is 13.1. The highest BCUT2D eigenvalue weighted by Gasteiger charge is 2.12. The molecule has 150 valence electrons. The fourth-order valence-electron chi connectivity index (χ4n) is 2.54. The van der Waals surface area contributed by atoms with E-state index in [9.17, 15) is 15.2 Å². The van der Waals surface area contributed by atoms with Crippen LogP contribution < -0.4 is 10.6 Å². The maximum absolute atomic E-state index is 10.7. The number of fused-ring (bicyclic) bond motifs is 1. The van der Waals surface area contributed by atoms with Crippen molar-refractivity contribution < 1.29 is 10.0 Å². The molecule has 9 nitrogen and oxygen atoms in total. The molecule has 3 N–H and O–H groups in total. The Kier molecular flexibility index (Phi) is 8.14. The van der Waals surface area contributed by atoms with E-state index in [1.807, 2.05) is 30.3 Å². The smallest absolute Gasteiger partial charge is 0.306 e. The number of aliphatic hydroxyl groups excluding tert-OH is 1. The molecule has 0 radical (unpaired) electrons. The molecule has 0 aliphatic carbocycles. The summed E-state index contributed by atoms with van der Waals surface area (Å²) >= 11 is 1.57. The van der Waals surface area contributed by atoms with Gasteiger partial charge in [-0.05, 0) is 17.5 Å². The van der Waals surface area contributed by atoms with Crippen LogP contribution in [0.5, 0.6) is 0 Å². The van der Waals surface area contributed by atoms with E-state index in [0.29, 0.717) is 25.6 Å². The molecule has 11 heteroatoms. The van der Waals surface area contributed by atoms with E-state index in [1.54, 1.807) is 18.4 Å². The SMILES string of the molecule is CN=C(NCCn1cc([N+](=O)[O-])cn1)NCC(O)c1cc2ccccc2s1.I. The monoisotopic (exact) mass is 516 g/mol. The van der Waals surface area contributed by atoms with Crippen LogP contribution in [0, 0.1) is 10.1 Å². The molecule has 3 rings (SSSR count). The molecule has 1 aromatic carbocycles. The normalized spacial score (nSPS) is 12.4. The van der Waals surface area contributed by atoms with Crippen molar-refractivity contribution in [3.05, 3.63) is 57.7 Å². The first-order valence-electron chi connectivity index (χ1n) is 8.34. The van der Waals surface area contributed by atoms with Gasteiger partial charge in [0.15, 0.2) is 5.96 Å². The topological polar surface area (TPSA) is 118 Å². The molecular formula is C17H21IN6O3S. The third-order valence-corrected chi connectivity index (χ3v) is 5.14. The first-order valence-corrected chi connectivity index (χ1v) is 9.16. The Morgan fingerprint density at radius 2 is 2.21 bits per heavy atom. The van der Waals surface area contributed by atoms with Gasteiger partial charge in [-0.1, -0.05) is 18.2 Å². The van der Waals surface area contributed by atoms with Gasteiger partial charge >= 0.3 is 5.69 Å². The van der Waals surface area contributed by atoms with Gasteiger partial charge < -0.3 is 15.7 Å². The summed E-state index contributed by atoms with van der Waals surface area (Å²) in [5.74, 6) is 0.539. The summed E-state index contributed by atoms with van der Waals surface area (Å²) in [5.41, 5.74) is -0.0380. The Labute approximate surface area is 182 Å². The zero-order valence-corrected chi connectivity index (χ0v) is 18.3. The maximum atomic E-state index is 10.7. The van der Waals surface area contributed by atoms with Crippen molar-refractivity contribution in [1.29, 1.82) is 0 Å². The van der Waals surface area contributed by atoms with Crippen molar-refractivity contribution in [2.45, 2.75) is 12.6 Å². The van der Waals surface area contributed by atoms with Crippen LogP contribution in [0.15, 0.2) is 47.7 Å². The fourth-order valence-corrected chi connectivity index (χ4v) is 3.59. The van der Waals surface area contributed by atoms with Gasteiger partial charge in [-0.25, -0.2) is 0 Å². The molecule has 1 unspecified atom stereocenters. The summed E-state index contributed by atoms with van der Waals surface area (Å²) in [6, 6.07) is 10.0. The van der Waals surface area contributed by atoms with Gasteiger partial charge in [0.05, 0.1) is 11.5 Å². The molecule has 2 aromatic heterocycles. The van der Waals surface area contributed by atoms with Crippen LogP contribution in [0.25, 0.3) is 10.1 Å². The lowest BCUT2D eigenvalue weighted by Gasteiger charge is -2.14.